The molecule has 0 aromatic heterocycles. The van der Waals surface area contributed by atoms with Gasteiger partial charge in [0.2, 0.25) is 11.8 Å². The van der Waals surface area contributed by atoms with Crippen molar-refractivity contribution in [2.75, 3.05) is 50.6 Å². The molecule has 20 heteroatoms. The Morgan fingerprint density at radius 1 is 0.623 bits per heavy atom. The molecule has 2 aliphatic heterocycles. The van der Waals surface area contributed by atoms with E-state index in [0.717, 1.165) is 34.7 Å². The zero-order valence-electron chi connectivity index (χ0n) is 33.3. The highest BCUT2D eigenvalue weighted by Gasteiger charge is 2.22. The van der Waals surface area contributed by atoms with Gasteiger partial charge in [-0.05, 0) is 59.7 Å². The first-order valence-electron chi connectivity index (χ1n) is 18.2. The van der Waals surface area contributed by atoms with Gasteiger partial charge in [0, 0.05) is 28.9 Å². The van der Waals surface area contributed by atoms with Gasteiger partial charge in [-0.3, -0.25) is 9.59 Å². The van der Waals surface area contributed by atoms with Crippen molar-refractivity contribution in [1.82, 2.24) is 10.6 Å². The molecule has 2 unspecified atom stereocenters. The third kappa shape index (κ3) is 11.0. The van der Waals surface area contributed by atoms with Crippen LogP contribution in [-0.2, 0) is 16.0 Å². The lowest BCUT2D eigenvalue weighted by molar-refractivity contribution is -0.114. The monoisotopic (exact) mass is 860 g/mol. The summed E-state index contributed by atoms with van der Waals surface area (Å²) in [5.74, 6) is 1.76. The van der Waals surface area contributed by atoms with Crippen LogP contribution in [0.25, 0.3) is 0 Å². The fourth-order valence-electron chi connectivity index (χ4n) is 6.06. The number of methoxy groups -OCH3 is 4. The number of benzene rings is 4. The quantitative estimate of drug-likeness (QED) is 0.103. The van der Waals surface area contributed by atoms with Crippen molar-refractivity contribution in [1.29, 1.82) is 10.5 Å². The summed E-state index contributed by atoms with van der Waals surface area (Å²) in [5, 5.41) is 32.2. The second kappa shape index (κ2) is 20.0. The highest BCUT2D eigenvalue weighted by Crippen LogP contribution is 2.34. The Hall–Kier alpha value is -7.42. The SMILES string of the molecule is COc1ccc(C2N=C(N)NC(SCC(=O)Nc3ccc(Cc4ccc(NC(=O)CSC5=NC(c6ccc(OC)c(OC)c6)N=C(N)N5)cc4C#N)c(C#N)c3)=N2)cc1OC. The van der Waals surface area contributed by atoms with Crippen LogP contribution < -0.4 is 51.7 Å². The topological polar surface area (TPSA) is 268 Å². The molecule has 4 aromatic carbocycles. The summed E-state index contributed by atoms with van der Waals surface area (Å²) in [6, 6.07) is 25.0. The Bertz CT molecular complexity index is 2380. The summed E-state index contributed by atoms with van der Waals surface area (Å²) in [6.45, 7) is 0. The molecule has 2 amide bonds. The number of hydrogen-bond acceptors (Lipinski definition) is 18. The van der Waals surface area contributed by atoms with Gasteiger partial charge in [0.15, 0.2) is 57.6 Å². The lowest BCUT2D eigenvalue weighted by Gasteiger charge is -2.20. The number of carbonyl (C=O) groups is 2. The number of carbonyl (C=O) groups excluding carboxylic acids is 2. The normalized spacial score (nSPS) is 15.4. The summed E-state index contributed by atoms with van der Waals surface area (Å²) < 4.78 is 21.4. The molecule has 2 atom stereocenters. The van der Waals surface area contributed by atoms with Crippen LogP contribution in [0.15, 0.2) is 92.8 Å². The van der Waals surface area contributed by atoms with Crippen molar-refractivity contribution in [3.63, 3.8) is 0 Å². The van der Waals surface area contributed by atoms with Gasteiger partial charge < -0.3 is 51.7 Å². The fraction of sp³-hybridized carbons (Fsp3) is 0.220. The predicted molar refractivity (Wildman–Crippen MR) is 236 cm³/mol. The fourth-order valence-corrected chi connectivity index (χ4v) is 7.44. The maximum absolute atomic E-state index is 13.0. The molecule has 0 aliphatic carbocycles. The number of amidine groups is 2. The van der Waals surface area contributed by atoms with E-state index >= 15 is 0 Å². The minimum atomic E-state index is -0.651. The van der Waals surface area contributed by atoms with Crippen molar-refractivity contribution < 1.29 is 28.5 Å². The highest BCUT2D eigenvalue weighted by atomic mass is 32.2. The highest BCUT2D eigenvalue weighted by molar-refractivity contribution is 8.14. The summed E-state index contributed by atoms with van der Waals surface area (Å²) in [5.41, 5.74) is 16.3. The van der Waals surface area contributed by atoms with E-state index in [1.807, 2.05) is 0 Å². The Morgan fingerprint density at radius 2 is 1.03 bits per heavy atom. The average Bonchev–Trinajstić information content (AvgIpc) is 3.27. The number of nitrogens with zero attached hydrogens (tertiary/aromatic N) is 6. The molecule has 0 saturated heterocycles. The molecule has 0 fully saturated rings. The van der Waals surface area contributed by atoms with E-state index in [1.165, 1.54) is 14.2 Å². The van der Waals surface area contributed by atoms with Crippen molar-refractivity contribution in [3.05, 3.63) is 106 Å². The van der Waals surface area contributed by atoms with Gasteiger partial charge in [0.1, 0.15) is 0 Å². The number of nitrogens with two attached hydrogens (primary N) is 2. The molecule has 18 nitrogen and oxygen atoms in total. The van der Waals surface area contributed by atoms with Crippen molar-refractivity contribution in [2.24, 2.45) is 31.4 Å². The average molecular weight is 861 g/mol. The van der Waals surface area contributed by atoms with Gasteiger partial charge in [-0.1, -0.05) is 47.8 Å². The summed E-state index contributed by atoms with van der Waals surface area (Å²) in [6.07, 6.45) is -1.05. The number of hydrogen-bond donors (Lipinski definition) is 6. The van der Waals surface area contributed by atoms with Gasteiger partial charge in [-0.15, -0.1) is 0 Å². The molecule has 312 valence electrons. The number of aliphatic imine (C=N–C) groups is 4. The van der Waals surface area contributed by atoms with Crippen LogP contribution in [0.2, 0.25) is 0 Å². The molecule has 61 heavy (non-hydrogen) atoms. The van der Waals surface area contributed by atoms with Crippen LogP contribution in [-0.4, -0.2) is 74.0 Å². The lowest BCUT2D eigenvalue weighted by Crippen LogP contribution is -2.39. The number of thioether (sulfide) groups is 2. The molecule has 4 aromatic rings. The largest absolute Gasteiger partial charge is 0.493 e. The van der Waals surface area contributed by atoms with Crippen LogP contribution >= 0.6 is 23.5 Å². The van der Waals surface area contributed by atoms with Crippen LogP contribution in [0, 0.1) is 22.7 Å². The number of nitrogens with one attached hydrogen (secondary N) is 4. The van der Waals surface area contributed by atoms with E-state index in [4.69, 9.17) is 30.4 Å². The maximum Gasteiger partial charge on any atom is 0.234 e. The molecule has 0 spiro atoms. The molecule has 2 aliphatic rings. The molecule has 0 bridgehead atoms. The molecule has 2 heterocycles. The van der Waals surface area contributed by atoms with Gasteiger partial charge in [0.05, 0.1) is 63.2 Å². The number of rotatable bonds is 14. The molecule has 6 rings (SSSR count). The Balaban J connectivity index is 1.03. The maximum atomic E-state index is 13.0. The Kier molecular flexibility index (Phi) is 14.2. The van der Waals surface area contributed by atoms with Gasteiger partial charge in [-0.25, -0.2) is 20.0 Å². The van der Waals surface area contributed by atoms with E-state index in [1.54, 1.807) is 87.0 Å². The van der Waals surface area contributed by atoms with Crippen LogP contribution in [0.5, 0.6) is 23.0 Å². The second-order valence-electron chi connectivity index (χ2n) is 12.9. The van der Waals surface area contributed by atoms with Gasteiger partial charge >= 0.3 is 0 Å². The zero-order chi connectivity index (χ0) is 43.5. The summed E-state index contributed by atoms with van der Waals surface area (Å²) in [4.78, 5) is 43.8. The summed E-state index contributed by atoms with van der Waals surface area (Å²) >= 11 is 2.28. The van der Waals surface area contributed by atoms with Crippen molar-refractivity contribution in [2.45, 2.75) is 18.8 Å². The number of amides is 2. The molecule has 0 saturated carbocycles. The van der Waals surface area contributed by atoms with E-state index in [0.29, 0.717) is 67.0 Å². The zero-order valence-corrected chi connectivity index (χ0v) is 34.9. The second-order valence-corrected chi connectivity index (χ2v) is 14.9. The van der Waals surface area contributed by atoms with E-state index < -0.39 is 12.3 Å². The van der Waals surface area contributed by atoms with Crippen LogP contribution in [0.4, 0.5) is 11.4 Å². The first-order chi connectivity index (χ1) is 29.5. The standard InChI is InChI=1S/C41H40N12O6S2/c1-56-30-11-7-24(16-32(30)58-3)36-48-38(44)52-40(50-36)60-20-34(54)46-28-9-5-22(26(14-28)18-42)13-23-6-10-29(15-27(23)19-43)47-35(55)21-61-41-51-37(49-39(45)53-41)25-8-12-31(57-2)33(17-25)59-4/h5-12,14-17,36-37H,13,20-21H2,1-4H3,(H,46,54)(H,47,55)(H3,44,48,50,52)(H3,45,49,51,53). The smallest absolute Gasteiger partial charge is 0.234 e. The Labute approximate surface area is 359 Å². The third-order valence-electron chi connectivity index (χ3n) is 8.97. The number of guanidine groups is 2. The number of nitriles is 2. The van der Waals surface area contributed by atoms with Crippen molar-refractivity contribution in [3.8, 4) is 35.1 Å². The molecule has 8 N–H and O–H groups in total. The lowest BCUT2D eigenvalue weighted by atomic mass is 9.96. The van der Waals surface area contributed by atoms with Crippen molar-refractivity contribution >= 4 is 69.0 Å². The molecular formula is C41H40N12O6S2. The first-order valence-corrected chi connectivity index (χ1v) is 20.2. The van der Waals surface area contributed by atoms with E-state index in [9.17, 15) is 20.1 Å². The van der Waals surface area contributed by atoms with E-state index in [2.05, 4.69) is 53.4 Å². The number of ether oxygens (including phenoxy) is 4. The molecular weight excluding hydrogens is 821 g/mol. The summed E-state index contributed by atoms with van der Waals surface area (Å²) in [7, 11) is 6.16. The third-order valence-corrected chi connectivity index (χ3v) is 10.7. The predicted octanol–water partition coefficient (Wildman–Crippen LogP) is 4.34. The minimum Gasteiger partial charge on any atom is -0.493 e. The number of anilines is 2. The van der Waals surface area contributed by atoms with Crippen LogP contribution in [0.1, 0.15) is 45.7 Å². The van der Waals surface area contributed by atoms with E-state index in [-0.39, 0.29) is 41.7 Å². The molecule has 0 radical (unpaired) electrons. The Morgan fingerprint density at radius 3 is 1.41 bits per heavy atom. The first kappa shape index (κ1) is 43.2. The van der Waals surface area contributed by atoms with Crippen LogP contribution in [0.3, 0.4) is 0 Å². The van der Waals surface area contributed by atoms with Gasteiger partial charge in [0.25, 0.3) is 0 Å². The minimum absolute atomic E-state index is 0.00926. The van der Waals surface area contributed by atoms with Gasteiger partial charge in [-0.2, -0.15) is 10.5 Å².